The molecule has 0 radical (unpaired) electrons. The smallest absolute Gasteiger partial charge is 0.859 e. The van der Waals surface area contributed by atoms with E-state index in [0.717, 1.165) is 31.4 Å². The van der Waals surface area contributed by atoms with Crippen molar-refractivity contribution < 1.29 is 44.6 Å². The van der Waals surface area contributed by atoms with Gasteiger partial charge in [-0.2, -0.15) is 0 Å². The first-order chi connectivity index (χ1) is 8.66. The quantitative estimate of drug-likeness (QED) is 0.143. The Bertz CT molecular complexity index is 312. The largest absolute Gasteiger partial charge is 1.00 e. The zero-order valence-corrected chi connectivity index (χ0v) is 14.0. The number of hydrogen-bond acceptors (Lipinski definition) is 3. The minimum Gasteiger partial charge on any atom is -0.859 e. The second-order valence-electron chi connectivity index (χ2n) is 4.00. The van der Waals surface area contributed by atoms with E-state index in [1.165, 1.54) is 19.3 Å². The van der Waals surface area contributed by atoms with Gasteiger partial charge in [0.15, 0.2) is 0 Å². The third kappa shape index (κ3) is 17.4. The molecule has 0 aromatic rings. The van der Waals surface area contributed by atoms with E-state index in [-0.39, 0.29) is 29.6 Å². The first-order valence-corrected chi connectivity index (χ1v) is 6.44. The molecule has 0 aromatic heterocycles. The van der Waals surface area contributed by atoms with Crippen LogP contribution in [0.15, 0.2) is 29.3 Å². The number of carboxylic acids is 1. The SMILES string of the molecule is CCCCC/C=C/CCCN=C([O-])/C=C/C(=O)O.[Na+]. The van der Waals surface area contributed by atoms with E-state index in [1.807, 2.05) is 0 Å². The van der Waals surface area contributed by atoms with Crippen LogP contribution in [-0.4, -0.2) is 23.5 Å². The molecule has 0 amide bonds. The third-order valence-electron chi connectivity index (χ3n) is 2.31. The van der Waals surface area contributed by atoms with Gasteiger partial charge in [-0.3, -0.25) is 0 Å². The van der Waals surface area contributed by atoms with Crippen molar-refractivity contribution in [1.29, 1.82) is 0 Å². The number of hydrogen-bond donors (Lipinski definition) is 1. The Morgan fingerprint density at radius 2 is 1.79 bits per heavy atom. The van der Waals surface area contributed by atoms with E-state index >= 15 is 0 Å². The number of unbranched alkanes of at least 4 members (excludes halogenated alkanes) is 4. The van der Waals surface area contributed by atoms with E-state index in [2.05, 4.69) is 24.1 Å². The zero-order chi connectivity index (χ0) is 13.6. The number of rotatable bonds is 10. The van der Waals surface area contributed by atoms with E-state index in [1.54, 1.807) is 0 Å². The monoisotopic (exact) mass is 275 g/mol. The van der Waals surface area contributed by atoms with Gasteiger partial charge in [-0.25, -0.2) is 4.79 Å². The molecule has 0 aliphatic heterocycles. The third-order valence-corrected chi connectivity index (χ3v) is 2.31. The summed E-state index contributed by atoms with van der Waals surface area (Å²) in [6, 6.07) is 0. The minimum absolute atomic E-state index is 0. The van der Waals surface area contributed by atoms with Crippen molar-refractivity contribution in [1.82, 2.24) is 0 Å². The van der Waals surface area contributed by atoms with Crippen LogP contribution in [0, 0.1) is 0 Å². The number of carbonyl (C=O) groups is 1. The van der Waals surface area contributed by atoms with Crippen molar-refractivity contribution >= 4 is 11.9 Å². The molecule has 0 atom stereocenters. The molecule has 0 aromatic carbocycles. The van der Waals surface area contributed by atoms with Crippen LogP contribution in [-0.2, 0) is 4.79 Å². The summed E-state index contributed by atoms with van der Waals surface area (Å²) in [5.41, 5.74) is 0. The molecular formula is C14H22NNaO3. The molecule has 0 unspecified atom stereocenters. The maximum atomic E-state index is 11.0. The van der Waals surface area contributed by atoms with Crippen LogP contribution >= 0.6 is 0 Å². The maximum absolute atomic E-state index is 11.0. The Morgan fingerprint density at radius 1 is 1.16 bits per heavy atom. The molecule has 0 saturated heterocycles. The summed E-state index contributed by atoms with van der Waals surface area (Å²) in [4.78, 5) is 13.9. The molecule has 0 bridgehead atoms. The number of carboxylic acid groups (broad SMARTS) is 1. The zero-order valence-electron chi connectivity index (χ0n) is 12.0. The fraction of sp³-hybridized carbons (Fsp3) is 0.571. The van der Waals surface area contributed by atoms with Crippen LogP contribution in [0.1, 0.15) is 45.4 Å². The summed E-state index contributed by atoms with van der Waals surface area (Å²) < 4.78 is 0. The van der Waals surface area contributed by atoms with Gasteiger partial charge in [-0.15, -0.1) is 0 Å². The second kappa shape index (κ2) is 15.5. The summed E-state index contributed by atoms with van der Waals surface area (Å²) in [7, 11) is 0. The molecule has 0 aliphatic rings. The van der Waals surface area contributed by atoms with Crippen LogP contribution in [0.4, 0.5) is 0 Å². The number of nitrogens with zero attached hydrogens (tertiary/aromatic N) is 1. The van der Waals surface area contributed by atoms with Crippen molar-refractivity contribution in [2.24, 2.45) is 4.99 Å². The van der Waals surface area contributed by atoms with Gasteiger partial charge in [0.1, 0.15) is 0 Å². The first-order valence-electron chi connectivity index (χ1n) is 6.44. The Labute approximate surface area is 137 Å². The van der Waals surface area contributed by atoms with Gasteiger partial charge in [-0.05, 0) is 37.7 Å². The molecule has 5 heteroatoms. The number of aliphatic carboxylic acids is 1. The topological polar surface area (TPSA) is 72.7 Å². The average Bonchev–Trinajstić information content (AvgIpc) is 2.34. The van der Waals surface area contributed by atoms with E-state index in [0.29, 0.717) is 6.54 Å². The van der Waals surface area contributed by atoms with Gasteiger partial charge in [0.25, 0.3) is 0 Å². The predicted octanol–water partition coefficient (Wildman–Crippen LogP) is -0.693. The first kappa shape index (κ1) is 20.7. The summed E-state index contributed by atoms with van der Waals surface area (Å²) in [6.45, 7) is 2.63. The van der Waals surface area contributed by atoms with Crippen LogP contribution in [0.25, 0.3) is 0 Å². The normalized spacial score (nSPS) is 11.9. The second-order valence-corrected chi connectivity index (χ2v) is 4.00. The Balaban J connectivity index is 0. The molecule has 0 rings (SSSR count). The fourth-order valence-corrected chi connectivity index (χ4v) is 1.34. The van der Waals surface area contributed by atoms with Crippen LogP contribution in [0.5, 0.6) is 0 Å². The molecule has 0 aliphatic carbocycles. The van der Waals surface area contributed by atoms with Crippen molar-refractivity contribution in [3.63, 3.8) is 0 Å². The Kier molecular flexibility index (Phi) is 16.9. The standard InChI is InChI=1S/C14H23NO3.Na/c1-2-3-4-5-6-7-8-9-12-15-13(16)10-11-14(17)18;/h6-7,10-11H,2-5,8-9,12H2,1H3,(H,15,16)(H,17,18);/q;+1/p-1/b7-6+,11-10+;. The average molecular weight is 275 g/mol. The number of allylic oxidation sites excluding steroid dienone is 2. The van der Waals surface area contributed by atoms with Crippen molar-refractivity contribution in [3.05, 3.63) is 24.3 Å². The van der Waals surface area contributed by atoms with E-state index in [4.69, 9.17) is 5.11 Å². The van der Waals surface area contributed by atoms with E-state index in [9.17, 15) is 9.90 Å². The van der Waals surface area contributed by atoms with Gasteiger partial charge in [0, 0.05) is 12.6 Å². The van der Waals surface area contributed by atoms with Crippen LogP contribution in [0.3, 0.4) is 0 Å². The molecule has 0 spiro atoms. The predicted molar refractivity (Wildman–Crippen MR) is 71.6 cm³/mol. The van der Waals surface area contributed by atoms with Crippen molar-refractivity contribution in [2.75, 3.05) is 6.54 Å². The van der Waals surface area contributed by atoms with Gasteiger partial charge < -0.3 is 15.2 Å². The Hall–Kier alpha value is -0.580. The van der Waals surface area contributed by atoms with Crippen LogP contribution < -0.4 is 34.7 Å². The summed E-state index contributed by atoms with van der Waals surface area (Å²) in [6.07, 6.45) is 12.6. The molecule has 4 nitrogen and oxygen atoms in total. The fourth-order valence-electron chi connectivity index (χ4n) is 1.34. The van der Waals surface area contributed by atoms with E-state index < -0.39 is 11.9 Å². The van der Waals surface area contributed by atoms with Gasteiger partial charge in [0.05, 0.1) is 0 Å². The molecule has 0 fully saturated rings. The molecule has 0 heterocycles. The summed E-state index contributed by atoms with van der Waals surface area (Å²) in [5.74, 6) is -1.61. The molecule has 1 N–H and O–H groups in total. The summed E-state index contributed by atoms with van der Waals surface area (Å²) in [5, 5.41) is 19.3. The maximum Gasteiger partial charge on any atom is 1.00 e. The van der Waals surface area contributed by atoms with Crippen molar-refractivity contribution in [3.8, 4) is 0 Å². The van der Waals surface area contributed by atoms with Gasteiger partial charge >= 0.3 is 35.5 Å². The molecule has 0 saturated carbocycles. The molecular weight excluding hydrogens is 253 g/mol. The van der Waals surface area contributed by atoms with Crippen molar-refractivity contribution in [2.45, 2.75) is 45.4 Å². The molecule has 102 valence electrons. The van der Waals surface area contributed by atoms with Crippen LogP contribution in [0.2, 0.25) is 0 Å². The Morgan fingerprint density at radius 3 is 2.37 bits per heavy atom. The number of aliphatic imine (C=N–C) groups is 1. The minimum atomic E-state index is -1.13. The van der Waals surface area contributed by atoms with Gasteiger partial charge in [-0.1, -0.05) is 31.9 Å². The summed E-state index contributed by atoms with van der Waals surface area (Å²) >= 11 is 0. The van der Waals surface area contributed by atoms with Gasteiger partial charge in [0.2, 0.25) is 0 Å². The molecule has 19 heavy (non-hydrogen) atoms.